The SMILES string of the molecule is CCCC(OC1=NC(c2ccc(C(F)(F)F)cc2)N=C1)c1ccc(C(=O)NCCC(=O)O)cc1. The summed E-state index contributed by atoms with van der Waals surface area (Å²) >= 11 is 0. The molecule has 180 valence electrons. The first-order valence-corrected chi connectivity index (χ1v) is 10.7. The van der Waals surface area contributed by atoms with Crippen LogP contribution in [0.4, 0.5) is 13.2 Å². The maximum Gasteiger partial charge on any atom is 0.416 e. The minimum Gasteiger partial charge on any atom is -0.481 e. The van der Waals surface area contributed by atoms with Crippen molar-refractivity contribution in [3.8, 4) is 0 Å². The molecule has 34 heavy (non-hydrogen) atoms. The molecule has 2 aromatic carbocycles. The fraction of sp³-hybridized carbons (Fsp3) is 0.333. The zero-order valence-corrected chi connectivity index (χ0v) is 18.4. The molecule has 2 N–H and O–H groups in total. The lowest BCUT2D eigenvalue weighted by Crippen LogP contribution is -2.26. The molecule has 1 aliphatic rings. The van der Waals surface area contributed by atoms with Crippen LogP contribution < -0.4 is 5.32 Å². The Kier molecular flexibility index (Phi) is 8.04. The first kappa shape index (κ1) is 24.9. The normalized spacial score (nSPS) is 16.1. The Morgan fingerprint density at radius 3 is 2.38 bits per heavy atom. The smallest absolute Gasteiger partial charge is 0.416 e. The van der Waals surface area contributed by atoms with E-state index in [1.807, 2.05) is 6.92 Å². The number of carboxylic acid groups (broad SMARTS) is 1. The quantitative estimate of drug-likeness (QED) is 0.536. The van der Waals surface area contributed by atoms with Crippen molar-refractivity contribution in [3.63, 3.8) is 0 Å². The Labute approximate surface area is 194 Å². The van der Waals surface area contributed by atoms with Gasteiger partial charge in [-0.05, 0) is 41.8 Å². The van der Waals surface area contributed by atoms with Gasteiger partial charge in [0.1, 0.15) is 6.10 Å². The van der Waals surface area contributed by atoms with Crippen LogP contribution in [0.15, 0.2) is 58.5 Å². The van der Waals surface area contributed by atoms with Gasteiger partial charge in [0, 0.05) is 12.1 Å². The maximum atomic E-state index is 12.8. The van der Waals surface area contributed by atoms with Gasteiger partial charge in [-0.3, -0.25) is 14.6 Å². The first-order valence-electron chi connectivity index (χ1n) is 10.7. The van der Waals surface area contributed by atoms with Gasteiger partial charge in [-0.2, -0.15) is 13.2 Å². The molecule has 0 fully saturated rings. The van der Waals surface area contributed by atoms with Crippen LogP contribution in [0.5, 0.6) is 0 Å². The van der Waals surface area contributed by atoms with E-state index < -0.39 is 23.9 Å². The molecule has 0 aliphatic carbocycles. The second-order valence-corrected chi connectivity index (χ2v) is 7.66. The summed E-state index contributed by atoms with van der Waals surface area (Å²) in [6.45, 7) is 2.03. The second kappa shape index (κ2) is 11.0. The Bertz CT molecular complexity index is 1060. The van der Waals surface area contributed by atoms with Crippen LogP contribution in [0.3, 0.4) is 0 Å². The number of benzene rings is 2. The standard InChI is InChI=1S/C24H24F3N3O4/c1-2-3-19(15-4-6-17(7-5-15)23(33)28-13-12-21(31)32)34-20-14-29-22(30-20)16-8-10-18(11-9-16)24(25,26)27/h4-11,14,19,22H,2-3,12-13H2,1H3,(H,28,33)(H,31,32). The summed E-state index contributed by atoms with van der Waals surface area (Å²) in [5.41, 5.74) is 0.999. The first-order chi connectivity index (χ1) is 16.2. The molecule has 1 heterocycles. The van der Waals surface area contributed by atoms with E-state index in [-0.39, 0.29) is 30.9 Å². The number of aliphatic imine (C=N–C) groups is 2. The summed E-state index contributed by atoms with van der Waals surface area (Å²) in [4.78, 5) is 31.3. The van der Waals surface area contributed by atoms with Gasteiger partial charge < -0.3 is 15.2 Å². The van der Waals surface area contributed by atoms with Crippen LogP contribution in [-0.4, -0.2) is 35.6 Å². The molecule has 10 heteroatoms. The molecule has 2 atom stereocenters. The topological polar surface area (TPSA) is 100 Å². The molecular formula is C24H24F3N3O4. The van der Waals surface area contributed by atoms with Gasteiger partial charge in [-0.25, -0.2) is 4.99 Å². The Morgan fingerprint density at radius 2 is 1.79 bits per heavy atom. The highest BCUT2D eigenvalue weighted by Gasteiger charge is 2.30. The van der Waals surface area contributed by atoms with E-state index in [1.165, 1.54) is 18.3 Å². The van der Waals surface area contributed by atoms with Crippen LogP contribution in [0.25, 0.3) is 0 Å². The van der Waals surface area contributed by atoms with E-state index in [4.69, 9.17) is 9.84 Å². The molecule has 0 saturated carbocycles. The summed E-state index contributed by atoms with van der Waals surface area (Å²) in [5, 5.41) is 11.2. The highest BCUT2D eigenvalue weighted by molar-refractivity contribution is 6.27. The molecule has 1 amide bonds. The van der Waals surface area contributed by atoms with Crippen molar-refractivity contribution >= 4 is 24.0 Å². The van der Waals surface area contributed by atoms with Gasteiger partial charge in [0.2, 0.25) is 5.90 Å². The summed E-state index contributed by atoms with van der Waals surface area (Å²) in [6, 6.07) is 11.5. The molecular weight excluding hydrogens is 451 g/mol. The number of nitrogens with one attached hydrogen (secondary N) is 1. The third-order valence-corrected chi connectivity index (χ3v) is 5.09. The number of rotatable bonds is 9. The molecule has 2 unspecified atom stereocenters. The molecule has 3 rings (SSSR count). The number of ether oxygens (including phenoxy) is 1. The summed E-state index contributed by atoms with van der Waals surface area (Å²) < 4.78 is 44.3. The van der Waals surface area contributed by atoms with E-state index in [0.717, 1.165) is 24.1 Å². The van der Waals surface area contributed by atoms with Gasteiger partial charge >= 0.3 is 12.1 Å². The van der Waals surface area contributed by atoms with E-state index in [1.54, 1.807) is 24.3 Å². The minimum absolute atomic E-state index is 0.0384. The predicted molar refractivity (Wildman–Crippen MR) is 120 cm³/mol. The van der Waals surface area contributed by atoms with Gasteiger partial charge in [-0.1, -0.05) is 37.6 Å². The molecule has 0 bridgehead atoms. The van der Waals surface area contributed by atoms with Gasteiger partial charge in [-0.15, -0.1) is 0 Å². The molecule has 0 radical (unpaired) electrons. The third kappa shape index (κ3) is 6.66. The number of carbonyl (C=O) groups excluding carboxylic acids is 1. The molecule has 1 aliphatic heterocycles. The lowest BCUT2D eigenvalue weighted by molar-refractivity contribution is -0.138. The Balaban J connectivity index is 1.65. The Hall–Kier alpha value is -3.69. The van der Waals surface area contributed by atoms with Crippen molar-refractivity contribution in [2.45, 2.75) is 44.6 Å². The monoisotopic (exact) mass is 475 g/mol. The van der Waals surface area contributed by atoms with E-state index in [2.05, 4.69) is 15.3 Å². The molecule has 2 aromatic rings. The number of alkyl halides is 3. The van der Waals surface area contributed by atoms with Gasteiger partial charge in [0.05, 0.1) is 18.2 Å². The number of hydrogen-bond donors (Lipinski definition) is 2. The lowest BCUT2D eigenvalue weighted by atomic mass is 10.0. The largest absolute Gasteiger partial charge is 0.481 e. The van der Waals surface area contributed by atoms with Gasteiger partial charge in [0.25, 0.3) is 5.91 Å². The van der Waals surface area contributed by atoms with Crippen molar-refractivity contribution in [2.75, 3.05) is 6.54 Å². The number of halogens is 3. The van der Waals surface area contributed by atoms with Crippen LogP contribution in [-0.2, 0) is 15.7 Å². The summed E-state index contributed by atoms with van der Waals surface area (Å²) in [6.07, 6.45) is -2.65. The molecule has 7 nitrogen and oxygen atoms in total. The average Bonchev–Trinajstić information content (AvgIpc) is 3.27. The fourth-order valence-electron chi connectivity index (χ4n) is 3.32. The van der Waals surface area contributed by atoms with Crippen LogP contribution in [0.2, 0.25) is 0 Å². The number of carbonyl (C=O) groups is 2. The average molecular weight is 475 g/mol. The van der Waals surface area contributed by atoms with E-state index in [0.29, 0.717) is 17.5 Å². The minimum atomic E-state index is -4.41. The molecule has 0 aromatic heterocycles. The number of amides is 1. The third-order valence-electron chi connectivity index (χ3n) is 5.09. The fourth-order valence-corrected chi connectivity index (χ4v) is 3.32. The van der Waals surface area contributed by atoms with Crippen LogP contribution in [0.1, 0.15) is 65.5 Å². The zero-order chi connectivity index (χ0) is 24.7. The predicted octanol–water partition coefficient (Wildman–Crippen LogP) is 4.95. The summed E-state index contributed by atoms with van der Waals surface area (Å²) in [7, 11) is 0. The molecule has 0 saturated heterocycles. The highest BCUT2D eigenvalue weighted by atomic mass is 19.4. The number of hydrogen-bond acceptors (Lipinski definition) is 5. The highest BCUT2D eigenvalue weighted by Crippen LogP contribution is 2.32. The van der Waals surface area contributed by atoms with E-state index >= 15 is 0 Å². The number of aliphatic carboxylic acids is 1. The zero-order valence-electron chi connectivity index (χ0n) is 18.4. The maximum absolute atomic E-state index is 12.8. The number of nitrogens with zero attached hydrogens (tertiary/aromatic N) is 2. The van der Waals surface area contributed by atoms with Crippen LogP contribution in [0, 0.1) is 0 Å². The van der Waals surface area contributed by atoms with Crippen molar-refractivity contribution in [2.24, 2.45) is 9.98 Å². The second-order valence-electron chi connectivity index (χ2n) is 7.66. The lowest BCUT2D eigenvalue weighted by Gasteiger charge is -2.18. The number of carboxylic acids is 1. The van der Waals surface area contributed by atoms with Crippen molar-refractivity contribution in [1.29, 1.82) is 0 Å². The van der Waals surface area contributed by atoms with Crippen LogP contribution >= 0.6 is 0 Å². The summed E-state index contributed by atoms with van der Waals surface area (Å²) in [5.74, 6) is -1.08. The molecule has 0 spiro atoms. The van der Waals surface area contributed by atoms with Crippen molar-refractivity contribution in [3.05, 3.63) is 70.8 Å². The van der Waals surface area contributed by atoms with Crippen molar-refractivity contribution in [1.82, 2.24) is 5.32 Å². The van der Waals surface area contributed by atoms with Crippen molar-refractivity contribution < 1.29 is 32.6 Å². The van der Waals surface area contributed by atoms with E-state index in [9.17, 15) is 22.8 Å². The van der Waals surface area contributed by atoms with Gasteiger partial charge in [0.15, 0.2) is 6.17 Å². The Morgan fingerprint density at radius 1 is 1.12 bits per heavy atom.